The van der Waals surface area contributed by atoms with Crippen molar-refractivity contribution in [3.63, 3.8) is 0 Å². The van der Waals surface area contributed by atoms with Gasteiger partial charge in [-0.05, 0) is 43.6 Å². The van der Waals surface area contributed by atoms with Gasteiger partial charge < -0.3 is 15.4 Å². The van der Waals surface area contributed by atoms with Gasteiger partial charge in [0.05, 0.1) is 0 Å². The molecular formula is C22H36N4O. The Labute approximate surface area is 164 Å². The lowest BCUT2D eigenvalue weighted by Gasteiger charge is -2.42. The van der Waals surface area contributed by atoms with Gasteiger partial charge in [0.15, 0.2) is 5.96 Å². The van der Waals surface area contributed by atoms with Gasteiger partial charge in [-0.2, -0.15) is 0 Å². The van der Waals surface area contributed by atoms with Crippen LogP contribution in [0.25, 0.3) is 0 Å². The van der Waals surface area contributed by atoms with E-state index in [4.69, 9.17) is 4.74 Å². The molecule has 1 aromatic carbocycles. The van der Waals surface area contributed by atoms with Crippen LogP contribution < -0.4 is 10.6 Å². The largest absolute Gasteiger partial charge is 0.385 e. The van der Waals surface area contributed by atoms with Gasteiger partial charge in [0.2, 0.25) is 0 Å². The minimum Gasteiger partial charge on any atom is -0.385 e. The summed E-state index contributed by atoms with van der Waals surface area (Å²) in [4.78, 5) is 7.03. The van der Waals surface area contributed by atoms with Gasteiger partial charge >= 0.3 is 0 Å². The first-order chi connectivity index (χ1) is 13.1. The van der Waals surface area contributed by atoms with Crippen molar-refractivity contribution < 1.29 is 4.74 Å². The number of hydrogen-bond acceptors (Lipinski definition) is 3. The number of likely N-dealkylation sites (tertiary alicyclic amines) is 1. The fraction of sp³-hybridized carbons (Fsp3) is 0.682. The van der Waals surface area contributed by atoms with E-state index >= 15 is 0 Å². The molecule has 1 aliphatic heterocycles. The van der Waals surface area contributed by atoms with E-state index in [-0.39, 0.29) is 0 Å². The van der Waals surface area contributed by atoms with E-state index in [1.54, 1.807) is 7.11 Å². The highest BCUT2D eigenvalue weighted by Gasteiger charge is 2.37. The molecule has 0 bridgehead atoms. The van der Waals surface area contributed by atoms with Gasteiger partial charge in [0.25, 0.3) is 0 Å². The molecule has 2 aliphatic rings. The summed E-state index contributed by atoms with van der Waals surface area (Å²) in [5.41, 5.74) is 1.79. The van der Waals surface area contributed by atoms with Crippen LogP contribution in [0.3, 0.4) is 0 Å². The average Bonchev–Trinajstić information content (AvgIpc) is 2.99. The Balaban J connectivity index is 1.47. The number of hydrogen-bond donors (Lipinski definition) is 2. The number of guanidine groups is 1. The third kappa shape index (κ3) is 5.45. The lowest BCUT2D eigenvalue weighted by molar-refractivity contribution is 0.0732. The lowest BCUT2D eigenvalue weighted by atomic mass is 9.67. The van der Waals surface area contributed by atoms with E-state index in [9.17, 15) is 0 Å². The summed E-state index contributed by atoms with van der Waals surface area (Å²) in [5.74, 6) is 0.942. The summed E-state index contributed by atoms with van der Waals surface area (Å²) >= 11 is 0. The Kier molecular flexibility index (Phi) is 7.13. The van der Waals surface area contributed by atoms with Crippen LogP contribution in [-0.4, -0.2) is 56.8 Å². The highest BCUT2D eigenvalue weighted by atomic mass is 16.5. The SMILES string of the molecule is CN=C(NCC1(CCOC)CCC1)NC1CC(C)N(Cc2ccccc2)C1. The second-order valence-electron chi connectivity index (χ2n) is 8.36. The standard InChI is InChI=1S/C22H36N4O/c1-18-14-20(16-26(18)15-19-8-5-4-6-9-19)25-21(23-2)24-17-22(10-7-11-22)12-13-27-3/h4-6,8-9,18,20H,7,10-17H2,1-3H3,(H2,23,24,25). The van der Waals surface area contributed by atoms with Gasteiger partial charge in [-0.3, -0.25) is 9.89 Å². The average molecular weight is 373 g/mol. The topological polar surface area (TPSA) is 48.9 Å². The number of nitrogens with one attached hydrogen (secondary N) is 2. The van der Waals surface area contributed by atoms with Gasteiger partial charge in [-0.15, -0.1) is 0 Å². The monoisotopic (exact) mass is 372 g/mol. The van der Waals surface area contributed by atoms with Crippen molar-refractivity contribution in [1.29, 1.82) is 0 Å². The molecule has 1 heterocycles. The molecule has 5 nitrogen and oxygen atoms in total. The fourth-order valence-corrected chi connectivity index (χ4v) is 4.41. The molecule has 1 aliphatic carbocycles. The first-order valence-electron chi connectivity index (χ1n) is 10.4. The first kappa shape index (κ1) is 20.2. The molecule has 0 radical (unpaired) electrons. The number of aliphatic imine (C=N–C) groups is 1. The number of nitrogens with zero attached hydrogens (tertiary/aromatic N) is 2. The zero-order valence-electron chi connectivity index (χ0n) is 17.2. The van der Waals surface area contributed by atoms with Crippen LogP contribution in [0, 0.1) is 5.41 Å². The Morgan fingerprint density at radius 2 is 2.07 bits per heavy atom. The van der Waals surface area contributed by atoms with Gasteiger partial charge in [-0.1, -0.05) is 36.8 Å². The van der Waals surface area contributed by atoms with Crippen molar-refractivity contribution in [2.45, 2.75) is 57.7 Å². The van der Waals surface area contributed by atoms with Crippen molar-refractivity contribution in [2.75, 3.05) is 33.9 Å². The van der Waals surface area contributed by atoms with E-state index in [1.165, 1.54) is 24.8 Å². The molecule has 0 spiro atoms. The third-order valence-electron chi connectivity index (χ3n) is 6.38. The van der Waals surface area contributed by atoms with Crippen molar-refractivity contribution in [3.05, 3.63) is 35.9 Å². The summed E-state index contributed by atoms with van der Waals surface area (Å²) in [6.07, 6.45) is 6.23. The molecule has 0 amide bonds. The van der Waals surface area contributed by atoms with Crippen LogP contribution >= 0.6 is 0 Å². The molecule has 1 saturated heterocycles. The molecule has 150 valence electrons. The van der Waals surface area contributed by atoms with Crippen LogP contribution in [0.1, 0.15) is 44.6 Å². The maximum Gasteiger partial charge on any atom is 0.191 e. The predicted molar refractivity (Wildman–Crippen MR) is 112 cm³/mol. The van der Waals surface area contributed by atoms with Crippen molar-refractivity contribution in [3.8, 4) is 0 Å². The van der Waals surface area contributed by atoms with E-state index in [2.05, 4.69) is 57.8 Å². The Hall–Kier alpha value is -1.59. The molecule has 0 aromatic heterocycles. The Morgan fingerprint density at radius 1 is 1.30 bits per heavy atom. The van der Waals surface area contributed by atoms with E-state index < -0.39 is 0 Å². The maximum absolute atomic E-state index is 5.31. The van der Waals surface area contributed by atoms with Gasteiger partial charge in [0.1, 0.15) is 0 Å². The molecule has 5 heteroatoms. The minimum absolute atomic E-state index is 0.399. The van der Waals surface area contributed by atoms with Crippen LogP contribution in [0.4, 0.5) is 0 Å². The zero-order chi connectivity index (χ0) is 19.1. The Bertz CT molecular complexity index is 600. The van der Waals surface area contributed by atoms with Crippen LogP contribution in [-0.2, 0) is 11.3 Å². The number of methoxy groups -OCH3 is 1. The van der Waals surface area contributed by atoms with E-state index in [0.29, 0.717) is 17.5 Å². The van der Waals surface area contributed by atoms with Crippen LogP contribution in [0.15, 0.2) is 35.3 Å². The Morgan fingerprint density at radius 3 is 2.70 bits per heavy atom. The van der Waals surface area contributed by atoms with E-state index in [0.717, 1.165) is 45.0 Å². The molecule has 1 saturated carbocycles. The van der Waals surface area contributed by atoms with E-state index in [1.807, 2.05) is 7.05 Å². The van der Waals surface area contributed by atoms with Gasteiger partial charge in [0, 0.05) is 52.5 Å². The van der Waals surface area contributed by atoms with Crippen molar-refractivity contribution >= 4 is 5.96 Å². The summed E-state index contributed by atoms with van der Waals surface area (Å²) < 4.78 is 5.31. The smallest absolute Gasteiger partial charge is 0.191 e. The fourth-order valence-electron chi connectivity index (χ4n) is 4.41. The highest BCUT2D eigenvalue weighted by Crippen LogP contribution is 2.43. The summed E-state index contributed by atoms with van der Waals surface area (Å²) in [5, 5.41) is 7.25. The molecule has 3 rings (SSSR count). The van der Waals surface area contributed by atoms with Crippen LogP contribution in [0.2, 0.25) is 0 Å². The van der Waals surface area contributed by atoms with Crippen molar-refractivity contribution in [2.24, 2.45) is 10.4 Å². The second kappa shape index (κ2) is 9.56. The van der Waals surface area contributed by atoms with Crippen LogP contribution in [0.5, 0.6) is 0 Å². The lowest BCUT2D eigenvalue weighted by Crippen LogP contribution is -2.49. The highest BCUT2D eigenvalue weighted by molar-refractivity contribution is 5.80. The minimum atomic E-state index is 0.399. The normalized spacial score (nSPS) is 25.2. The molecule has 2 atom stereocenters. The summed E-state index contributed by atoms with van der Waals surface area (Å²) in [7, 11) is 3.67. The molecule has 2 unspecified atom stereocenters. The molecule has 2 N–H and O–H groups in total. The molecule has 1 aromatic rings. The maximum atomic E-state index is 5.31. The second-order valence-corrected chi connectivity index (χ2v) is 8.36. The quantitative estimate of drug-likeness (QED) is 0.544. The summed E-state index contributed by atoms with van der Waals surface area (Å²) in [6.45, 7) is 6.25. The predicted octanol–water partition coefficient (Wildman–Crippen LogP) is 3.02. The molecule has 2 fully saturated rings. The number of rotatable bonds is 8. The number of ether oxygens (including phenoxy) is 1. The zero-order valence-corrected chi connectivity index (χ0v) is 17.2. The number of benzene rings is 1. The molecule has 27 heavy (non-hydrogen) atoms. The van der Waals surface area contributed by atoms with Gasteiger partial charge in [-0.25, -0.2) is 0 Å². The summed E-state index contributed by atoms with van der Waals surface area (Å²) in [6, 6.07) is 11.8. The van der Waals surface area contributed by atoms with Crippen molar-refractivity contribution in [1.82, 2.24) is 15.5 Å². The molecular weight excluding hydrogens is 336 g/mol. The first-order valence-corrected chi connectivity index (χ1v) is 10.4. The third-order valence-corrected chi connectivity index (χ3v) is 6.38.